The van der Waals surface area contributed by atoms with Crippen LogP contribution in [0.25, 0.3) is 0 Å². The van der Waals surface area contributed by atoms with Crippen LogP contribution in [-0.4, -0.2) is 11.0 Å². The molecule has 2 heteroatoms. The van der Waals surface area contributed by atoms with Crippen molar-refractivity contribution in [2.45, 2.75) is 37.1 Å². The van der Waals surface area contributed by atoms with Gasteiger partial charge in [0.2, 0.25) is 0 Å². The average molecular weight is 252 g/mol. The lowest BCUT2D eigenvalue weighted by Gasteiger charge is -2.47. The minimum atomic E-state index is 0.185. The van der Waals surface area contributed by atoms with Gasteiger partial charge in [-0.2, -0.15) is 0 Å². The van der Waals surface area contributed by atoms with Crippen LogP contribution in [0.2, 0.25) is 0 Å². The highest BCUT2D eigenvalue weighted by Crippen LogP contribution is 2.46. The Balaban J connectivity index is 1.83. The van der Waals surface area contributed by atoms with Crippen molar-refractivity contribution in [2.75, 3.05) is 0 Å². The smallest absolute Gasteiger partial charge is 0.0270 e. The predicted octanol–water partition coefficient (Wildman–Crippen LogP) is 3.07. The predicted molar refractivity (Wildman–Crippen MR) is 77.9 cm³/mol. The van der Waals surface area contributed by atoms with E-state index in [0.717, 1.165) is 6.42 Å². The molecular weight excluding hydrogens is 232 g/mol. The van der Waals surface area contributed by atoms with Crippen LogP contribution in [0, 0.1) is 0 Å². The Hall–Kier alpha value is -1.67. The van der Waals surface area contributed by atoms with Crippen LogP contribution < -0.4 is 5.73 Å². The molecule has 0 radical (unpaired) electrons. The lowest BCUT2D eigenvalue weighted by molar-refractivity contribution is 0.194. The van der Waals surface area contributed by atoms with Gasteiger partial charge in [0.05, 0.1) is 0 Å². The van der Waals surface area contributed by atoms with Gasteiger partial charge in [-0.3, -0.25) is 4.98 Å². The molecule has 1 aliphatic carbocycles. The summed E-state index contributed by atoms with van der Waals surface area (Å²) >= 11 is 0. The quantitative estimate of drug-likeness (QED) is 0.908. The highest BCUT2D eigenvalue weighted by molar-refractivity contribution is 5.31. The second kappa shape index (κ2) is 5.14. The first kappa shape index (κ1) is 12.4. The normalized spacial score (nSPS) is 18.6. The standard InChI is InChI=1S/C17H20N2/c18-16(13-14-7-11-19-12-8-14)17(9-4-10-17)15-5-2-1-3-6-15/h1-3,5-8,11-12,16H,4,9-10,13,18H2. The van der Waals surface area contributed by atoms with Crippen molar-refractivity contribution in [3.05, 3.63) is 66.0 Å². The molecule has 2 aromatic rings. The lowest BCUT2D eigenvalue weighted by Crippen LogP contribution is -2.51. The van der Waals surface area contributed by atoms with Crippen LogP contribution in [0.4, 0.5) is 0 Å². The molecule has 1 saturated carbocycles. The molecule has 0 spiro atoms. The summed E-state index contributed by atoms with van der Waals surface area (Å²) in [5, 5.41) is 0. The van der Waals surface area contributed by atoms with Crippen molar-refractivity contribution in [1.29, 1.82) is 0 Å². The Morgan fingerprint density at radius 1 is 1.05 bits per heavy atom. The Morgan fingerprint density at radius 3 is 2.32 bits per heavy atom. The Morgan fingerprint density at radius 2 is 1.74 bits per heavy atom. The number of pyridine rings is 1. The molecule has 0 bridgehead atoms. The molecule has 1 atom stereocenters. The monoisotopic (exact) mass is 252 g/mol. The lowest BCUT2D eigenvalue weighted by atomic mass is 9.59. The van der Waals surface area contributed by atoms with Crippen LogP contribution in [0.1, 0.15) is 30.4 Å². The molecule has 1 heterocycles. The number of hydrogen-bond donors (Lipinski definition) is 1. The molecular formula is C17H20N2. The van der Waals surface area contributed by atoms with Crippen molar-refractivity contribution in [3.63, 3.8) is 0 Å². The second-order valence-corrected chi connectivity index (χ2v) is 5.54. The van der Waals surface area contributed by atoms with Crippen molar-refractivity contribution in [1.82, 2.24) is 4.98 Å². The summed E-state index contributed by atoms with van der Waals surface area (Å²) in [6.07, 6.45) is 8.33. The van der Waals surface area contributed by atoms with Gasteiger partial charge in [-0.05, 0) is 42.5 Å². The molecule has 1 aromatic carbocycles. The van der Waals surface area contributed by atoms with Crippen LogP contribution >= 0.6 is 0 Å². The van der Waals surface area contributed by atoms with Crippen LogP contribution in [0.15, 0.2) is 54.9 Å². The maximum atomic E-state index is 6.56. The summed E-state index contributed by atoms with van der Waals surface area (Å²) in [6.45, 7) is 0. The Bertz CT molecular complexity index is 517. The summed E-state index contributed by atoms with van der Waals surface area (Å²) in [7, 11) is 0. The number of benzene rings is 1. The van der Waals surface area contributed by atoms with Crippen molar-refractivity contribution in [2.24, 2.45) is 5.73 Å². The molecule has 3 rings (SSSR count). The molecule has 2 nitrogen and oxygen atoms in total. The van der Waals surface area contributed by atoms with Gasteiger partial charge in [-0.1, -0.05) is 36.8 Å². The van der Waals surface area contributed by atoms with E-state index in [1.165, 1.54) is 30.4 Å². The van der Waals surface area contributed by atoms with Gasteiger partial charge >= 0.3 is 0 Å². The maximum absolute atomic E-state index is 6.56. The van der Waals surface area contributed by atoms with Crippen molar-refractivity contribution < 1.29 is 0 Å². The fraction of sp³-hybridized carbons (Fsp3) is 0.353. The van der Waals surface area contributed by atoms with Crippen molar-refractivity contribution >= 4 is 0 Å². The fourth-order valence-corrected chi connectivity index (χ4v) is 3.17. The van der Waals surface area contributed by atoms with Crippen molar-refractivity contribution in [3.8, 4) is 0 Å². The number of aromatic nitrogens is 1. The summed E-state index contributed by atoms with van der Waals surface area (Å²) in [5.74, 6) is 0. The van der Waals surface area contributed by atoms with Gasteiger partial charge in [0.25, 0.3) is 0 Å². The van der Waals surface area contributed by atoms with E-state index in [2.05, 4.69) is 47.4 Å². The van der Waals surface area contributed by atoms with E-state index in [1.807, 2.05) is 12.4 Å². The van der Waals surface area contributed by atoms with E-state index in [9.17, 15) is 0 Å². The minimum Gasteiger partial charge on any atom is -0.327 e. The third-order valence-corrected chi connectivity index (χ3v) is 4.51. The fourth-order valence-electron chi connectivity index (χ4n) is 3.17. The molecule has 98 valence electrons. The summed E-state index contributed by atoms with van der Waals surface area (Å²) < 4.78 is 0. The zero-order chi connectivity index (χ0) is 13.1. The van der Waals surface area contributed by atoms with E-state index >= 15 is 0 Å². The largest absolute Gasteiger partial charge is 0.327 e. The van der Waals surface area contributed by atoms with E-state index in [4.69, 9.17) is 5.73 Å². The summed E-state index contributed by atoms with van der Waals surface area (Å²) in [5.41, 5.74) is 9.43. The first-order chi connectivity index (χ1) is 9.31. The third-order valence-electron chi connectivity index (χ3n) is 4.51. The zero-order valence-electron chi connectivity index (χ0n) is 11.1. The summed E-state index contributed by atoms with van der Waals surface area (Å²) in [6, 6.07) is 15.1. The van der Waals surface area contributed by atoms with Gasteiger partial charge < -0.3 is 5.73 Å². The minimum absolute atomic E-state index is 0.185. The number of hydrogen-bond acceptors (Lipinski definition) is 2. The van der Waals surface area contributed by atoms with E-state index in [1.54, 1.807) is 0 Å². The SMILES string of the molecule is NC(Cc1ccncc1)C1(c2ccccc2)CCC1. The molecule has 1 aliphatic rings. The van der Waals surface area contributed by atoms with E-state index in [-0.39, 0.29) is 11.5 Å². The van der Waals surface area contributed by atoms with E-state index < -0.39 is 0 Å². The average Bonchev–Trinajstić information content (AvgIpc) is 2.40. The third kappa shape index (κ3) is 2.28. The number of nitrogens with zero attached hydrogens (tertiary/aromatic N) is 1. The van der Waals surface area contributed by atoms with Crippen LogP contribution in [0.5, 0.6) is 0 Å². The van der Waals surface area contributed by atoms with Gasteiger partial charge in [0.1, 0.15) is 0 Å². The second-order valence-electron chi connectivity index (χ2n) is 5.54. The first-order valence-corrected chi connectivity index (χ1v) is 7.01. The zero-order valence-corrected chi connectivity index (χ0v) is 11.1. The molecule has 1 unspecified atom stereocenters. The molecule has 1 fully saturated rings. The van der Waals surface area contributed by atoms with Gasteiger partial charge in [0.15, 0.2) is 0 Å². The molecule has 0 amide bonds. The topological polar surface area (TPSA) is 38.9 Å². The van der Waals surface area contributed by atoms with Gasteiger partial charge in [-0.25, -0.2) is 0 Å². The van der Waals surface area contributed by atoms with Crippen LogP contribution in [-0.2, 0) is 11.8 Å². The maximum Gasteiger partial charge on any atom is 0.0270 e. The van der Waals surface area contributed by atoms with Gasteiger partial charge in [-0.15, -0.1) is 0 Å². The molecule has 0 saturated heterocycles. The van der Waals surface area contributed by atoms with Gasteiger partial charge in [0, 0.05) is 23.9 Å². The molecule has 0 aliphatic heterocycles. The first-order valence-electron chi connectivity index (χ1n) is 7.01. The van der Waals surface area contributed by atoms with Crippen LogP contribution in [0.3, 0.4) is 0 Å². The Labute approximate surface area is 114 Å². The highest BCUT2D eigenvalue weighted by atomic mass is 14.7. The number of rotatable bonds is 4. The number of nitrogens with two attached hydrogens (primary N) is 1. The molecule has 1 aromatic heterocycles. The summed E-state index contributed by atoms with van der Waals surface area (Å²) in [4.78, 5) is 4.07. The van der Waals surface area contributed by atoms with E-state index in [0.29, 0.717) is 0 Å². The Kier molecular flexibility index (Phi) is 3.34. The highest BCUT2D eigenvalue weighted by Gasteiger charge is 2.43. The molecule has 19 heavy (non-hydrogen) atoms. The molecule has 2 N–H and O–H groups in total.